The summed E-state index contributed by atoms with van der Waals surface area (Å²) in [5.41, 5.74) is 0.161. The lowest BCUT2D eigenvalue weighted by molar-refractivity contribution is -0.117. The van der Waals surface area contributed by atoms with Gasteiger partial charge in [0.25, 0.3) is 5.91 Å². The maximum absolute atomic E-state index is 10.8. The van der Waals surface area contributed by atoms with E-state index < -0.39 is 0 Å². The molecule has 0 saturated carbocycles. The number of aliphatic imine (C=N–C) groups is 1. The Bertz CT molecular complexity index is 161. The SMILES string of the molecule is C=NC(=C)C(=O)NC(C)C. The Kier molecular flexibility index (Phi) is 3.39. The maximum atomic E-state index is 10.8. The van der Waals surface area contributed by atoms with Crippen molar-refractivity contribution in [3.63, 3.8) is 0 Å². The van der Waals surface area contributed by atoms with Crippen LogP contribution in [0.15, 0.2) is 17.3 Å². The van der Waals surface area contributed by atoms with E-state index in [1.54, 1.807) is 0 Å². The van der Waals surface area contributed by atoms with Crippen molar-refractivity contribution in [1.82, 2.24) is 5.32 Å². The van der Waals surface area contributed by atoms with E-state index in [4.69, 9.17) is 0 Å². The second kappa shape index (κ2) is 3.82. The van der Waals surface area contributed by atoms with Crippen molar-refractivity contribution in [2.45, 2.75) is 19.9 Å². The molecule has 0 radical (unpaired) electrons. The van der Waals surface area contributed by atoms with Gasteiger partial charge in [0.05, 0.1) is 0 Å². The van der Waals surface area contributed by atoms with Crippen molar-refractivity contribution in [3.8, 4) is 0 Å². The quantitative estimate of drug-likeness (QED) is 0.455. The Hall–Kier alpha value is -1.12. The highest BCUT2D eigenvalue weighted by molar-refractivity contribution is 5.93. The molecule has 0 spiro atoms. The van der Waals surface area contributed by atoms with Gasteiger partial charge in [0.15, 0.2) is 0 Å². The van der Waals surface area contributed by atoms with Gasteiger partial charge in [-0.15, -0.1) is 0 Å². The Morgan fingerprint density at radius 2 is 2.10 bits per heavy atom. The summed E-state index contributed by atoms with van der Waals surface area (Å²) >= 11 is 0. The van der Waals surface area contributed by atoms with Crippen molar-refractivity contribution in [1.29, 1.82) is 0 Å². The van der Waals surface area contributed by atoms with Crippen LogP contribution in [0.5, 0.6) is 0 Å². The van der Waals surface area contributed by atoms with E-state index in [2.05, 4.69) is 23.6 Å². The van der Waals surface area contributed by atoms with Crippen LogP contribution in [0.4, 0.5) is 0 Å². The highest BCUT2D eigenvalue weighted by atomic mass is 16.2. The number of rotatable bonds is 3. The van der Waals surface area contributed by atoms with Gasteiger partial charge >= 0.3 is 0 Å². The maximum Gasteiger partial charge on any atom is 0.269 e. The van der Waals surface area contributed by atoms with Gasteiger partial charge in [-0.2, -0.15) is 0 Å². The molecule has 0 atom stereocenters. The second-order valence-corrected chi connectivity index (χ2v) is 2.23. The number of carbonyl (C=O) groups excluding carboxylic acids is 1. The summed E-state index contributed by atoms with van der Waals surface area (Å²) in [5.74, 6) is -0.259. The molecular formula is C7H12N2O. The fraction of sp³-hybridized carbons (Fsp3) is 0.429. The van der Waals surface area contributed by atoms with E-state index in [-0.39, 0.29) is 17.6 Å². The second-order valence-electron chi connectivity index (χ2n) is 2.23. The minimum Gasteiger partial charge on any atom is -0.349 e. The summed E-state index contributed by atoms with van der Waals surface area (Å²) in [6.07, 6.45) is 0. The molecule has 56 valence electrons. The van der Waals surface area contributed by atoms with Gasteiger partial charge < -0.3 is 5.32 Å². The van der Waals surface area contributed by atoms with Crippen molar-refractivity contribution in [2.75, 3.05) is 0 Å². The molecule has 10 heavy (non-hydrogen) atoms. The standard InChI is InChI=1S/C7H12N2O/c1-5(2)9-7(10)6(3)8-4/h5H,3-4H2,1-2H3,(H,9,10). The first-order chi connectivity index (χ1) is 4.57. The van der Waals surface area contributed by atoms with E-state index in [9.17, 15) is 4.79 Å². The van der Waals surface area contributed by atoms with Crippen molar-refractivity contribution < 1.29 is 4.79 Å². The molecule has 0 aromatic carbocycles. The molecule has 0 aliphatic carbocycles. The van der Waals surface area contributed by atoms with Crippen molar-refractivity contribution >= 4 is 12.6 Å². The molecular weight excluding hydrogens is 128 g/mol. The van der Waals surface area contributed by atoms with Crippen LogP contribution >= 0.6 is 0 Å². The molecule has 0 unspecified atom stereocenters. The number of amides is 1. The molecule has 0 aliphatic rings. The van der Waals surface area contributed by atoms with E-state index in [1.165, 1.54) is 0 Å². The number of hydrogen-bond acceptors (Lipinski definition) is 2. The summed E-state index contributed by atoms with van der Waals surface area (Å²) in [6.45, 7) is 10.3. The van der Waals surface area contributed by atoms with Crippen LogP contribution in [0.1, 0.15) is 13.8 Å². The molecule has 0 aromatic rings. The average Bonchev–Trinajstić information content (AvgIpc) is 1.85. The zero-order valence-electron chi connectivity index (χ0n) is 6.35. The number of hydrogen-bond donors (Lipinski definition) is 1. The van der Waals surface area contributed by atoms with Crippen LogP contribution in [0.2, 0.25) is 0 Å². The third kappa shape index (κ3) is 3.02. The van der Waals surface area contributed by atoms with Gasteiger partial charge in [0, 0.05) is 6.04 Å². The molecule has 0 rings (SSSR count). The molecule has 0 aromatic heterocycles. The summed E-state index contributed by atoms with van der Waals surface area (Å²) in [7, 11) is 0. The average molecular weight is 140 g/mol. The van der Waals surface area contributed by atoms with Gasteiger partial charge in [0.1, 0.15) is 5.70 Å². The highest BCUT2D eigenvalue weighted by Crippen LogP contribution is 1.90. The van der Waals surface area contributed by atoms with E-state index in [0.717, 1.165) is 0 Å². The summed E-state index contributed by atoms with van der Waals surface area (Å²) in [5, 5.41) is 2.62. The largest absolute Gasteiger partial charge is 0.349 e. The molecule has 0 heterocycles. The lowest BCUT2D eigenvalue weighted by atomic mass is 10.3. The van der Waals surface area contributed by atoms with Gasteiger partial charge in [-0.3, -0.25) is 9.79 Å². The zero-order valence-corrected chi connectivity index (χ0v) is 6.35. The molecule has 1 N–H and O–H groups in total. The van der Waals surface area contributed by atoms with Crippen LogP contribution < -0.4 is 5.32 Å². The molecule has 3 nitrogen and oxygen atoms in total. The smallest absolute Gasteiger partial charge is 0.269 e. The normalized spacial score (nSPS) is 9.10. The molecule has 0 saturated heterocycles. The van der Waals surface area contributed by atoms with Crippen molar-refractivity contribution in [2.24, 2.45) is 4.99 Å². The minimum absolute atomic E-state index is 0.117. The number of carbonyl (C=O) groups is 1. The van der Waals surface area contributed by atoms with Crippen LogP contribution in [0, 0.1) is 0 Å². The third-order valence-electron chi connectivity index (χ3n) is 0.873. The molecule has 0 fully saturated rings. The Labute approximate surface area is 60.8 Å². The first-order valence-corrected chi connectivity index (χ1v) is 3.04. The highest BCUT2D eigenvalue weighted by Gasteiger charge is 2.04. The fourth-order valence-corrected chi connectivity index (χ4v) is 0.417. The monoisotopic (exact) mass is 140 g/mol. The number of nitrogens with one attached hydrogen (secondary N) is 1. The van der Waals surface area contributed by atoms with E-state index in [1.807, 2.05) is 13.8 Å². The Morgan fingerprint density at radius 3 is 2.40 bits per heavy atom. The van der Waals surface area contributed by atoms with Gasteiger partial charge in [-0.05, 0) is 20.6 Å². The Balaban J connectivity index is 3.85. The predicted octanol–water partition coefficient (Wildman–Crippen LogP) is 0.725. The van der Waals surface area contributed by atoms with E-state index in [0.29, 0.717) is 0 Å². The summed E-state index contributed by atoms with van der Waals surface area (Å²) in [6, 6.07) is 0.117. The topological polar surface area (TPSA) is 41.5 Å². The van der Waals surface area contributed by atoms with Gasteiger partial charge in [-0.25, -0.2) is 0 Å². The molecule has 1 amide bonds. The Morgan fingerprint density at radius 1 is 1.60 bits per heavy atom. The third-order valence-corrected chi connectivity index (χ3v) is 0.873. The van der Waals surface area contributed by atoms with Gasteiger partial charge in [-0.1, -0.05) is 6.58 Å². The van der Waals surface area contributed by atoms with Crippen LogP contribution in [0.25, 0.3) is 0 Å². The molecule has 3 heteroatoms. The van der Waals surface area contributed by atoms with Crippen LogP contribution in [-0.2, 0) is 4.79 Å². The lowest BCUT2D eigenvalue weighted by Gasteiger charge is -2.06. The minimum atomic E-state index is -0.259. The lowest BCUT2D eigenvalue weighted by Crippen LogP contribution is -2.30. The van der Waals surface area contributed by atoms with Crippen molar-refractivity contribution in [3.05, 3.63) is 12.3 Å². The first kappa shape index (κ1) is 8.88. The molecule has 0 aliphatic heterocycles. The summed E-state index contributed by atoms with van der Waals surface area (Å²) in [4.78, 5) is 14.2. The first-order valence-electron chi connectivity index (χ1n) is 3.04. The zero-order chi connectivity index (χ0) is 8.15. The summed E-state index contributed by atoms with van der Waals surface area (Å²) < 4.78 is 0. The predicted molar refractivity (Wildman–Crippen MR) is 42.0 cm³/mol. The number of nitrogens with zero attached hydrogens (tertiary/aromatic N) is 1. The fourth-order valence-electron chi connectivity index (χ4n) is 0.417. The van der Waals surface area contributed by atoms with Gasteiger partial charge in [0.2, 0.25) is 0 Å². The van der Waals surface area contributed by atoms with Crippen LogP contribution in [0.3, 0.4) is 0 Å². The molecule has 0 bridgehead atoms. The van der Waals surface area contributed by atoms with Crippen LogP contribution in [-0.4, -0.2) is 18.7 Å². The van der Waals surface area contributed by atoms with E-state index >= 15 is 0 Å².